The van der Waals surface area contributed by atoms with E-state index in [-0.39, 0.29) is 17.8 Å². The molecule has 2 aromatic rings. The molecule has 1 amide bonds. The van der Waals surface area contributed by atoms with Gasteiger partial charge in [0.1, 0.15) is 0 Å². The number of nitrogens with one attached hydrogen (secondary N) is 3. The summed E-state index contributed by atoms with van der Waals surface area (Å²) in [6.45, 7) is 0.700. The quantitative estimate of drug-likeness (QED) is 0.397. The van der Waals surface area contributed by atoms with Crippen molar-refractivity contribution in [2.24, 2.45) is 0 Å². The van der Waals surface area contributed by atoms with E-state index in [0.29, 0.717) is 22.3 Å². The number of carbonyl (C=O) groups is 1. The Morgan fingerprint density at radius 2 is 1.89 bits per heavy atom. The number of ether oxygens (including phenoxy) is 2. The molecule has 27 heavy (non-hydrogen) atoms. The fraction of sp³-hybridized carbons (Fsp3) is 0.111. The lowest BCUT2D eigenvalue weighted by Crippen LogP contribution is -2.45. The van der Waals surface area contributed by atoms with Gasteiger partial charge in [0.05, 0.1) is 10.0 Å². The van der Waals surface area contributed by atoms with Gasteiger partial charge < -0.3 is 14.8 Å². The van der Waals surface area contributed by atoms with Gasteiger partial charge in [-0.25, -0.2) is 0 Å². The average Bonchev–Trinajstić information content (AvgIpc) is 3.13. The Hall–Kier alpha value is -2.48. The summed E-state index contributed by atoms with van der Waals surface area (Å²) in [6.07, 6.45) is 2.97. The molecule has 0 atom stereocenters. The number of halogens is 2. The molecule has 0 spiro atoms. The largest absolute Gasteiger partial charge is 0.454 e. The second kappa shape index (κ2) is 8.94. The number of hydrogen-bond acceptors (Lipinski definition) is 4. The third-order valence-corrected chi connectivity index (χ3v) is 4.55. The van der Waals surface area contributed by atoms with Crippen LogP contribution in [0.4, 0.5) is 0 Å². The van der Waals surface area contributed by atoms with Crippen molar-refractivity contribution in [1.82, 2.24) is 16.2 Å². The average molecular weight is 424 g/mol. The van der Waals surface area contributed by atoms with Crippen molar-refractivity contribution in [3.8, 4) is 11.5 Å². The summed E-state index contributed by atoms with van der Waals surface area (Å²) in [6, 6.07) is 10.7. The molecule has 0 bridgehead atoms. The van der Waals surface area contributed by atoms with Gasteiger partial charge in [-0.15, -0.1) is 0 Å². The molecule has 0 radical (unpaired) electrons. The molecule has 0 aliphatic carbocycles. The Kier molecular flexibility index (Phi) is 6.39. The highest BCUT2D eigenvalue weighted by Crippen LogP contribution is 2.32. The summed E-state index contributed by atoms with van der Waals surface area (Å²) < 4.78 is 10.6. The van der Waals surface area contributed by atoms with Crippen molar-refractivity contribution >= 4 is 52.5 Å². The van der Waals surface area contributed by atoms with Gasteiger partial charge in [0.2, 0.25) is 6.79 Å². The summed E-state index contributed by atoms with van der Waals surface area (Å²) in [5.41, 5.74) is 6.82. The number of benzene rings is 2. The van der Waals surface area contributed by atoms with E-state index in [4.69, 9.17) is 44.9 Å². The lowest BCUT2D eigenvalue weighted by molar-refractivity contribution is -0.116. The van der Waals surface area contributed by atoms with Gasteiger partial charge >= 0.3 is 0 Å². The summed E-state index contributed by atoms with van der Waals surface area (Å²) in [4.78, 5) is 11.8. The minimum Gasteiger partial charge on any atom is -0.454 e. The topological polar surface area (TPSA) is 71.6 Å². The minimum absolute atomic E-state index is 0.230. The SMILES string of the molecule is O=C(/C=C/c1ccc(Cl)c(Cl)c1)NNC(=S)NCc1ccc2c(c1)OCO2. The Balaban J connectivity index is 1.42. The number of hydrogen-bond donors (Lipinski definition) is 3. The number of hydrazine groups is 1. The monoisotopic (exact) mass is 423 g/mol. The Labute approximate surface area is 171 Å². The second-order valence-corrected chi connectivity index (χ2v) is 6.71. The fourth-order valence-corrected chi connectivity index (χ4v) is 2.66. The third-order valence-electron chi connectivity index (χ3n) is 3.56. The normalized spacial score (nSPS) is 12.1. The maximum atomic E-state index is 11.8. The Morgan fingerprint density at radius 3 is 2.70 bits per heavy atom. The van der Waals surface area contributed by atoms with E-state index in [2.05, 4.69) is 16.2 Å². The maximum absolute atomic E-state index is 11.8. The zero-order valence-electron chi connectivity index (χ0n) is 13.9. The first kappa shape index (κ1) is 19.3. The van der Waals surface area contributed by atoms with E-state index in [1.807, 2.05) is 18.2 Å². The standard InChI is InChI=1S/C18H15Cl2N3O3S/c19-13-4-1-11(7-14(13)20)3-6-17(24)22-23-18(27)21-9-12-2-5-15-16(8-12)26-10-25-15/h1-8H,9-10H2,(H,22,24)(H2,21,23,27)/b6-3+. The summed E-state index contributed by atoms with van der Waals surface area (Å²) >= 11 is 16.9. The van der Waals surface area contributed by atoms with Crippen LogP contribution in [-0.4, -0.2) is 17.8 Å². The van der Waals surface area contributed by atoms with Gasteiger partial charge in [-0.05, 0) is 53.7 Å². The highest BCUT2D eigenvalue weighted by molar-refractivity contribution is 7.80. The molecule has 3 rings (SSSR count). The van der Waals surface area contributed by atoms with Crippen LogP contribution in [0.3, 0.4) is 0 Å². The van der Waals surface area contributed by atoms with Gasteiger partial charge in [0.25, 0.3) is 5.91 Å². The van der Waals surface area contributed by atoms with Crippen molar-refractivity contribution in [3.05, 3.63) is 63.6 Å². The number of thiocarbonyl (C=S) groups is 1. The predicted octanol–water partition coefficient (Wildman–Crippen LogP) is 3.43. The van der Waals surface area contributed by atoms with Gasteiger partial charge in [0.15, 0.2) is 16.6 Å². The van der Waals surface area contributed by atoms with Crippen LogP contribution < -0.4 is 25.6 Å². The number of rotatable bonds is 4. The molecule has 140 valence electrons. The molecule has 0 saturated carbocycles. The van der Waals surface area contributed by atoms with E-state index in [0.717, 1.165) is 16.9 Å². The lowest BCUT2D eigenvalue weighted by Gasteiger charge is -2.11. The molecule has 0 fully saturated rings. The van der Waals surface area contributed by atoms with Crippen molar-refractivity contribution < 1.29 is 14.3 Å². The van der Waals surface area contributed by atoms with Gasteiger partial charge in [0, 0.05) is 12.6 Å². The summed E-state index contributed by atoms with van der Waals surface area (Å²) in [5.74, 6) is 1.06. The second-order valence-electron chi connectivity index (χ2n) is 5.49. The molecule has 6 nitrogen and oxygen atoms in total. The molecule has 1 aliphatic rings. The smallest absolute Gasteiger partial charge is 0.262 e. The molecule has 1 aliphatic heterocycles. The van der Waals surface area contributed by atoms with Crippen LogP contribution in [-0.2, 0) is 11.3 Å². The van der Waals surface area contributed by atoms with Crippen LogP contribution in [0, 0.1) is 0 Å². The molecular weight excluding hydrogens is 409 g/mol. The Bertz CT molecular complexity index is 905. The van der Waals surface area contributed by atoms with Crippen molar-refractivity contribution in [1.29, 1.82) is 0 Å². The van der Waals surface area contributed by atoms with E-state index in [1.165, 1.54) is 6.08 Å². The zero-order chi connectivity index (χ0) is 19.2. The lowest BCUT2D eigenvalue weighted by atomic mass is 10.2. The van der Waals surface area contributed by atoms with Crippen LogP contribution in [0.15, 0.2) is 42.5 Å². The van der Waals surface area contributed by atoms with Crippen molar-refractivity contribution in [3.63, 3.8) is 0 Å². The molecule has 0 unspecified atom stereocenters. The van der Waals surface area contributed by atoms with Crippen molar-refractivity contribution in [2.45, 2.75) is 6.54 Å². The molecule has 3 N–H and O–H groups in total. The van der Waals surface area contributed by atoms with Gasteiger partial charge in [-0.2, -0.15) is 0 Å². The maximum Gasteiger partial charge on any atom is 0.262 e. The summed E-state index contributed by atoms with van der Waals surface area (Å²) in [5, 5.41) is 4.15. The van der Waals surface area contributed by atoms with Crippen LogP contribution >= 0.6 is 35.4 Å². The van der Waals surface area contributed by atoms with E-state index in [1.54, 1.807) is 24.3 Å². The van der Waals surface area contributed by atoms with Crippen molar-refractivity contribution in [2.75, 3.05) is 6.79 Å². The Morgan fingerprint density at radius 1 is 1.07 bits per heavy atom. The first-order valence-electron chi connectivity index (χ1n) is 7.87. The number of amides is 1. The van der Waals surface area contributed by atoms with E-state index in [9.17, 15) is 4.79 Å². The van der Waals surface area contributed by atoms with Gasteiger partial charge in [-0.3, -0.25) is 15.6 Å². The third kappa shape index (κ3) is 5.50. The summed E-state index contributed by atoms with van der Waals surface area (Å²) in [7, 11) is 0. The van der Waals surface area contributed by atoms with E-state index < -0.39 is 0 Å². The minimum atomic E-state index is -0.367. The number of fused-ring (bicyclic) bond motifs is 1. The molecule has 0 saturated heterocycles. The fourth-order valence-electron chi connectivity index (χ4n) is 2.23. The first-order valence-corrected chi connectivity index (χ1v) is 9.03. The first-order chi connectivity index (χ1) is 13.0. The predicted molar refractivity (Wildman–Crippen MR) is 109 cm³/mol. The molecule has 2 aromatic carbocycles. The molecule has 1 heterocycles. The zero-order valence-corrected chi connectivity index (χ0v) is 16.3. The van der Waals surface area contributed by atoms with E-state index >= 15 is 0 Å². The van der Waals surface area contributed by atoms with Crippen LogP contribution in [0.25, 0.3) is 6.08 Å². The molecule has 9 heteroatoms. The van der Waals surface area contributed by atoms with Crippen LogP contribution in [0.2, 0.25) is 10.0 Å². The van der Waals surface area contributed by atoms with Gasteiger partial charge in [-0.1, -0.05) is 35.3 Å². The highest BCUT2D eigenvalue weighted by atomic mass is 35.5. The van der Waals surface area contributed by atoms with Crippen LogP contribution in [0.5, 0.6) is 11.5 Å². The highest BCUT2D eigenvalue weighted by Gasteiger charge is 2.13. The van der Waals surface area contributed by atoms with Crippen LogP contribution in [0.1, 0.15) is 11.1 Å². The molecule has 0 aromatic heterocycles. The molecular formula is C18H15Cl2N3O3S. The number of carbonyl (C=O) groups excluding carboxylic acids is 1.